The highest BCUT2D eigenvalue weighted by Gasteiger charge is 2.42. The van der Waals surface area contributed by atoms with Crippen molar-refractivity contribution in [2.24, 2.45) is 0 Å². The van der Waals surface area contributed by atoms with Crippen LogP contribution < -0.4 is 10.0 Å². The molecule has 0 aliphatic carbocycles. The molecule has 0 amide bonds. The fourth-order valence-corrected chi connectivity index (χ4v) is 3.90. The van der Waals surface area contributed by atoms with Gasteiger partial charge in [-0.3, -0.25) is 0 Å². The molecule has 0 saturated carbocycles. The smallest absolute Gasteiger partial charge is 0.243 e. The highest BCUT2D eigenvalue weighted by atomic mass is 32.2. The Bertz CT molecular complexity index is 575. The number of sulfonamides is 1. The van der Waals surface area contributed by atoms with Crippen LogP contribution in [0.1, 0.15) is 26.2 Å². The van der Waals surface area contributed by atoms with Crippen LogP contribution in [0.15, 0.2) is 17.3 Å². The predicted octanol–water partition coefficient (Wildman–Crippen LogP) is 0.507. The van der Waals surface area contributed by atoms with Crippen molar-refractivity contribution < 1.29 is 13.2 Å². The van der Waals surface area contributed by atoms with E-state index in [0.29, 0.717) is 12.5 Å². The van der Waals surface area contributed by atoms with Crippen molar-refractivity contribution in [3.05, 3.63) is 12.4 Å². The third kappa shape index (κ3) is 2.63. The average molecular weight is 298 g/mol. The van der Waals surface area contributed by atoms with Crippen LogP contribution >= 0.6 is 0 Å². The summed E-state index contributed by atoms with van der Waals surface area (Å²) in [5.74, 6) is 0.426. The van der Waals surface area contributed by atoms with Gasteiger partial charge in [0.05, 0.1) is 30.6 Å². The summed E-state index contributed by atoms with van der Waals surface area (Å²) >= 11 is 0. The topological polar surface area (TPSA) is 93.2 Å². The molecule has 3 rings (SSSR count). The fraction of sp³-hybridized carbons (Fsp3) is 0.667. The van der Waals surface area contributed by atoms with E-state index in [4.69, 9.17) is 4.74 Å². The second-order valence-electron chi connectivity index (χ2n) is 5.11. The van der Waals surface area contributed by atoms with Crippen LogP contribution in [0.25, 0.3) is 0 Å². The van der Waals surface area contributed by atoms with Gasteiger partial charge in [-0.05, 0) is 26.2 Å². The molecule has 0 spiro atoms. The maximum Gasteiger partial charge on any atom is 0.243 e. The van der Waals surface area contributed by atoms with Crippen molar-refractivity contribution in [3.63, 3.8) is 0 Å². The number of ether oxygens (including phenoxy) is 1. The van der Waals surface area contributed by atoms with Crippen molar-refractivity contribution in [3.8, 4) is 0 Å². The van der Waals surface area contributed by atoms with Crippen molar-refractivity contribution in [2.45, 2.75) is 49.3 Å². The molecule has 0 radical (unpaired) electrons. The molecule has 110 valence electrons. The molecule has 0 aromatic carbocycles. The summed E-state index contributed by atoms with van der Waals surface area (Å²) in [6.45, 7) is 2.61. The number of hydrogen-bond acceptors (Lipinski definition) is 6. The van der Waals surface area contributed by atoms with Crippen molar-refractivity contribution in [1.29, 1.82) is 0 Å². The second-order valence-corrected chi connectivity index (χ2v) is 6.82. The highest BCUT2D eigenvalue weighted by molar-refractivity contribution is 7.89. The Labute approximate surface area is 118 Å². The molecule has 2 bridgehead atoms. The van der Waals surface area contributed by atoms with Gasteiger partial charge < -0.3 is 10.1 Å². The average Bonchev–Trinajstić information content (AvgIpc) is 3.01. The van der Waals surface area contributed by atoms with E-state index < -0.39 is 10.0 Å². The van der Waals surface area contributed by atoms with Crippen molar-refractivity contribution >= 4 is 16.0 Å². The number of hydrogen-bond donors (Lipinski definition) is 2. The first-order valence-electron chi connectivity index (χ1n) is 6.82. The SMILES string of the molecule is CCNc1ncc(S(=O)(=O)NC2CC3CCC2O3)cn1. The van der Waals surface area contributed by atoms with Gasteiger partial charge in [0, 0.05) is 6.54 Å². The molecular formula is C12H18N4O3S. The first kappa shape index (κ1) is 13.7. The first-order chi connectivity index (χ1) is 9.58. The standard InChI is InChI=1S/C12H18N4O3S/c1-2-13-12-14-6-9(7-15-12)20(17,18)16-10-5-8-3-4-11(10)19-8/h6-8,10-11,16H,2-5H2,1H3,(H,13,14,15). The van der Waals surface area contributed by atoms with Crippen LogP contribution in [0.2, 0.25) is 0 Å². The van der Waals surface area contributed by atoms with Crippen LogP contribution in [0, 0.1) is 0 Å². The number of anilines is 1. The maximum atomic E-state index is 12.3. The second kappa shape index (κ2) is 5.27. The molecule has 2 N–H and O–H groups in total. The summed E-state index contributed by atoms with van der Waals surface area (Å²) < 4.78 is 32.9. The van der Waals surface area contributed by atoms with Crippen molar-refractivity contribution in [1.82, 2.24) is 14.7 Å². The highest BCUT2D eigenvalue weighted by Crippen LogP contribution is 2.34. The number of nitrogens with one attached hydrogen (secondary N) is 2. The molecule has 8 heteroatoms. The summed E-state index contributed by atoms with van der Waals surface area (Å²) in [5, 5.41) is 2.92. The largest absolute Gasteiger partial charge is 0.373 e. The zero-order valence-electron chi connectivity index (χ0n) is 11.2. The quantitative estimate of drug-likeness (QED) is 0.822. The molecule has 3 heterocycles. The fourth-order valence-electron chi connectivity index (χ4n) is 2.73. The Kier molecular flexibility index (Phi) is 3.61. The van der Waals surface area contributed by atoms with E-state index in [1.54, 1.807) is 0 Å². The molecule has 3 atom stereocenters. The van der Waals surface area contributed by atoms with E-state index >= 15 is 0 Å². The number of fused-ring (bicyclic) bond motifs is 2. The minimum Gasteiger partial charge on any atom is -0.373 e. The van der Waals surface area contributed by atoms with Gasteiger partial charge in [0.2, 0.25) is 16.0 Å². The van der Waals surface area contributed by atoms with E-state index in [1.807, 2.05) is 6.92 Å². The van der Waals surface area contributed by atoms with Crippen LogP contribution in [0.3, 0.4) is 0 Å². The Hall–Kier alpha value is -1.25. The van der Waals surface area contributed by atoms with Gasteiger partial charge in [-0.2, -0.15) is 0 Å². The molecule has 2 aliphatic heterocycles. The van der Waals surface area contributed by atoms with Gasteiger partial charge in [-0.25, -0.2) is 23.1 Å². The summed E-state index contributed by atoms with van der Waals surface area (Å²) in [6.07, 6.45) is 5.57. The summed E-state index contributed by atoms with van der Waals surface area (Å²) in [7, 11) is -3.58. The van der Waals surface area contributed by atoms with Gasteiger partial charge in [-0.15, -0.1) is 0 Å². The molecule has 2 aliphatic rings. The van der Waals surface area contributed by atoms with E-state index in [2.05, 4.69) is 20.0 Å². The Morgan fingerprint density at radius 1 is 1.35 bits per heavy atom. The third-order valence-corrected chi connectivity index (χ3v) is 5.13. The molecule has 1 aromatic rings. The van der Waals surface area contributed by atoms with E-state index in [1.165, 1.54) is 12.4 Å². The summed E-state index contributed by atoms with van der Waals surface area (Å²) in [5.41, 5.74) is 0. The molecule has 1 aromatic heterocycles. The van der Waals surface area contributed by atoms with Gasteiger partial charge in [0.1, 0.15) is 4.90 Å². The molecule has 2 fully saturated rings. The zero-order chi connectivity index (χ0) is 14.2. The lowest BCUT2D eigenvalue weighted by atomic mass is 9.96. The Balaban J connectivity index is 1.71. The summed E-state index contributed by atoms with van der Waals surface area (Å²) in [6, 6.07) is -0.132. The van der Waals surface area contributed by atoms with E-state index in [-0.39, 0.29) is 23.1 Å². The van der Waals surface area contributed by atoms with Gasteiger partial charge in [-0.1, -0.05) is 0 Å². The molecular weight excluding hydrogens is 280 g/mol. The van der Waals surface area contributed by atoms with Gasteiger partial charge in [0.15, 0.2) is 0 Å². The maximum absolute atomic E-state index is 12.3. The molecule has 20 heavy (non-hydrogen) atoms. The lowest BCUT2D eigenvalue weighted by Gasteiger charge is -2.19. The van der Waals surface area contributed by atoms with Crippen LogP contribution in [-0.2, 0) is 14.8 Å². The molecule has 7 nitrogen and oxygen atoms in total. The predicted molar refractivity (Wildman–Crippen MR) is 72.8 cm³/mol. The third-order valence-electron chi connectivity index (χ3n) is 3.69. The number of rotatable bonds is 5. The van der Waals surface area contributed by atoms with Crippen LogP contribution in [0.5, 0.6) is 0 Å². The van der Waals surface area contributed by atoms with Crippen LogP contribution in [0.4, 0.5) is 5.95 Å². The normalized spacial score (nSPS) is 28.8. The first-order valence-corrected chi connectivity index (χ1v) is 8.30. The summed E-state index contributed by atoms with van der Waals surface area (Å²) in [4.78, 5) is 8.05. The number of nitrogens with zero attached hydrogens (tertiary/aromatic N) is 2. The minimum atomic E-state index is -3.58. The lowest BCUT2D eigenvalue weighted by Crippen LogP contribution is -2.41. The Morgan fingerprint density at radius 3 is 2.65 bits per heavy atom. The monoisotopic (exact) mass is 298 g/mol. The molecule has 3 unspecified atom stereocenters. The molecule has 2 saturated heterocycles. The van der Waals surface area contributed by atoms with Crippen molar-refractivity contribution in [2.75, 3.05) is 11.9 Å². The Morgan fingerprint density at radius 2 is 2.10 bits per heavy atom. The van der Waals surface area contributed by atoms with Crippen LogP contribution in [-0.4, -0.2) is 43.2 Å². The lowest BCUT2D eigenvalue weighted by molar-refractivity contribution is 0.0996. The zero-order valence-corrected chi connectivity index (χ0v) is 12.1. The number of aromatic nitrogens is 2. The minimum absolute atomic E-state index is 0.0109. The van der Waals surface area contributed by atoms with E-state index in [0.717, 1.165) is 19.3 Å². The van der Waals surface area contributed by atoms with E-state index in [9.17, 15) is 8.42 Å². The van der Waals surface area contributed by atoms with Gasteiger partial charge >= 0.3 is 0 Å². The van der Waals surface area contributed by atoms with Gasteiger partial charge in [0.25, 0.3) is 0 Å².